The molecule has 9 heteroatoms. The van der Waals surface area contributed by atoms with E-state index in [2.05, 4.69) is 47.0 Å². The van der Waals surface area contributed by atoms with Crippen LogP contribution < -0.4 is 4.90 Å². The number of piperazine rings is 1. The number of rotatable bonds is 3. The lowest BCUT2D eigenvalue weighted by molar-refractivity contribution is 0.313. The molecule has 0 unspecified atom stereocenters. The Balaban J connectivity index is 1.48. The number of pyridine rings is 2. The van der Waals surface area contributed by atoms with Gasteiger partial charge in [0.2, 0.25) is 0 Å². The van der Waals surface area contributed by atoms with Crippen molar-refractivity contribution in [2.75, 3.05) is 38.1 Å². The maximum absolute atomic E-state index is 15.8. The largest absolute Gasteiger partial charge is 0.367 e. The topological polar surface area (TPSA) is 89.6 Å². The number of aromatic amines is 2. The van der Waals surface area contributed by atoms with Crippen LogP contribution in [-0.4, -0.2) is 68.3 Å². The molecule has 0 bridgehead atoms. The molecule has 8 nitrogen and oxygen atoms in total. The first-order chi connectivity index (χ1) is 16.1. The van der Waals surface area contributed by atoms with Gasteiger partial charge in [0.15, 0.2) is 11.5 Å². The van der Waals surface area contributed by atoms with Crippen molar-refractivity contribution in [2.24, 2.45) is 0 Å². The van der Waals surface area contributed by atoms with E-state index in [0.29, 0.717) is 33.6 Å². The highest BCUT2D eigenvalue weighted by molar-refractivity contribution is 5.97. The zero-order chi connectivity index (χ0) is 22.5. The molecule has 1 saturated heterocycles. The zero-order valence-corrected chi connectivity index (χ0v) is 18.4. The molecule has 0 spiro atoms. The number of anilines is 1. The van der Waals surface area contributed by atoms with Crippen molar-refractivity contribution in [1.29, 1.82) is 0 Å². The summed E-state index contributed by atoms with van der Waals surface area (Å²) in [7, 11) is 2.13. The van der Waals surface area contributed by atoms with Crippen molar-refractivity contribution >= 4 is 27.8 Å². The lowest BCUT2D eigenvalue weighted by Gasteiger charge is -2.34. The van der Waals surface area contributed by atoms with Gasteiger partial charge in [0.25, 0.3) is 0 Å². The van der Waals surface area contributed by atoms with E-state index in [4.69, 9.17) is 0 Å². The van der Waals surface area contributed by atoms with Gasteiger partial charge in [-0.2, -0.15) is 5.10 Å². The molecule has 6 rings (SSSR count). The maximum atomic E-state index is 15.8. The number of fused-ring (bicyclic) bond motifs is 2. The summed E-state index contributed by atoms with van der Waals surface area (Å²) in [5.74, 6) is 0.143. The van der Waals surface area contributed by atoms with Gasteiger partial charge in [-0.15, -0.1) is 0 Å². The third kappa shape index (κ3) is 3.23. The van der Waals surface area contributed by atoms with Gasteiger partial charge in [-0.25, -0.2) is 14.4 Å². The molecule has 0 amide bonds. The van der Waals surface area contributed by atoms with Gasteiger partial charge >= 0.3 is 0 Å². The zero-order valence-electron chi connectivity index (χ0n) is 18.4. The van der Waals surface area contributed by atoms with Crippen LogP contribution in [0.1, 0.15) is 5.56 Å². The molecule has 4 aromatic heterocycles. The number of nitrogens with zero attached hydrogens (tertiary/aromatic N) is 6. The van der Waals surface area contributed by atoms with E-state index in [1.54, 1.807) is 24.7 Å². The summed E-state index contributed by atoms with van der Waals surface area (Å²) >= 11 is 0. The Bertz CT molecular complexity index is 1480. The number of aryl methyl sites for hydroxylation is 1. The SMILES string of the molecule is Cc1ccncc1-c1ccc2[nH]nc(-c3nc4nccc(N5CCN(C)CC5)c4[nH]3)c2c1F. The fourth-order valence-corrected chi connectivity index (χ4v) is 4.52. The first-order valence-corrected chi connectivity index (χ1v) is 11.0. The predicted octanol–water partition coefficient (Wildman–Crippen LogP) is 3.76. The van der Waals surface area contributed by atoms with E-state index in [9.17, 15) is 0 Å². The number of nitrogens with one attached hydrogen (secondary N) is 2. The lowest BCUT2D eigenvalue weighted by atomic mass is 10.00. The van der Waals surface area contributed by atoms with E-state index in [1.807, 2.05) is 25.1 Å². The molecule has 0 radical (unpaired) electrons. The Morgan fingerprint density at radius 3 is 2.67 bits per heavy atom. The minimum absolute atomic E-state index is 0.347. The third-order valence-electron chi connectivity index (χ3n) is 6.43. The van der Waals surface area contributed by atoms with Crippen LogP contribution in [-0.2, 0) is 0 Å². The van der Waals surface area contributed by atoms with E-state index < -0.39 is 0 Å². The van der Waals surface area contributed by atoms with Crippen molar-refractivity contribution in [3.63, 3.8) is 0 Å². The minimum atomic E-state index is -0.347. The molecule has 0 aliphatic carbocycles. The summed E-state index contributed by atoms with van der Waals surface area (Å²) in [6.07, 6.45) is 5.16. The normalized spacial score (nSPS) is 15.1. The highest BCUT2D eigenvalue weighted by Gasteiger charge is 2.22. The summed E-state index contributed by atoms with van der Waals surface area (Å²) in [6, 6.07) is 7.48. The van der Waals surface area contributed by atoms with Gasteiger partial charge in [-0.3, -0.25) is 10.1 Å². The summed E-state index contributed by atoms with van der Waals surface area (Å²) in [5.41, 5.74) is 5.74. The van der Waals surface area contributed by atoms with Crippen LogP contribution in [0.2, 0.25) is 0 Å². The van der Waals surface area contributed by atoms with Crippen LogP contribution in [0, 0.1) is 12.7 Å². The first kappa shape index (κ1) is 19.8. The highest BCUT2D eigenvalue weighted by Crippen LogP contribution is 2.35. The van der Waals surface area contributed by atoms with Crippen molar-refractivity contribution in [3.05, 3.63) is 54.2 Å². The number of hydrogen-bond donors (Lipinski definition) is 2. The molecule has 5 heterocycles. The Morgan fingerprint density at radius 1 is 1.00 bits per heavy atom. The molecule has 33 heavy (non-hydrogen) atoms. The fourth-order valence-electron chi connectivity index (χ4n) is 4.52. The Hall–Kier alpha value is -3.85. The summed E-state index contributed by atoms with van der Waals surface area (Å²) in [4.78, 5) is 21.3. The van der Waals surface area contributed by atoms with E-state index >= 15 is 4.39 Å². The van der Waals surface area contributed by atoms with Crippen molar-refractivity contribution in [1.82, 2.24) is 35.0 Å². The average Bonchev–Trinajstić information content (AvgIpc) is 3.45. The summed E-state index contributed by atoms with van der Waals surface area (Å²) in [5, 5.41) is 7.75. The van der Waals surface area contributed by atoms with E-state index in [1.165, 1.54) is 0 Å². The van der Waals surface area contributed by atoms with Gasteiger partial charge in [-0.1, -0.05) is 0 Å². The molecular weight excluding hydrogens is 419 g/mol. The van der Waals surface area contributed by atoms with Gasteiger partial charge in [0.05, 0.1) is 16.6 Å². The number of H-pyrrole nitrogens is 2. The van der Waals surface area contributed by atoms with Crippen LogP contribution in [0.5, 0.6) is 0 Å². The standard InChI is InChI=1S/C24H23FN8/c1-14-5-7-26-13-16(14)15-3-4-17-19(20(15)25)22(31-30-17)24-28-21-18(6-8-27-23(21)29-24)33-11-9-32(2)10-12-33/h3-8,13H,9-12H2,1-2H3,(H,30,31)(H,27,28,29). The second-order valence-electron chi connectivity index (χ2n) is 8.52. The molecule has 1 aliphatic heterocycles. The smallest absolute Gasteiger partial charge is 0.180 e. The summed E-state index contributed by atoms with van der Waals surface area (Å²) in [6.45, 7) is 5.80. The molecular formula is C24H23FN8. The minimum Gasteiger partial charge on any atom is -0.367 e. The second-order valence-corrected chi connectivity index (χ2v) is 8.52. The van der Waals surface area contributed by atoms with Crippen LogP contribution >= 0.6 is 0 Å². The fraction of sp³-hybridized carbons (Fsp3) is 0.250. The van der Waals surface area contributed by atoms with Crippen molar-refractivity contribution < 1.29 is 4.39 Å². The van der Waals surface area contributed by atoms with Gasteiger partial charge in [-0.05, 0) is 43.8 Å². The number of aromatic nitrogens is 6. The molecule has 1 fully saturated rings. The number of halogens is 1. The van der Waals surface area contributed by atoms with Gasteiger partial charge < -0.3 is 14.8 Å². The number of imidazole rings is 1. The maximum Gasteiger partial charge on any atom is 0.180 e. The Morgan fingerprint density at radius 2 is 1.85 bits per heavy atom. The molecule has 1 aliphatic rings. The number of likely N-dealkylation sites (N-methyl/N-ethyl adjacent to an activating group) is 1. The van der Waals surface area contributed by atoms with Gasteiger partial charge in [0.1, 0.15) is 17.0 Å². The predicted molar refractivity (Wildman–Crippen MR) is 127 cm³/mol. The number of benzene rings is 1. The molecule has 2 N–H and O–H groups in total. The van der Waals surface area contributed by atoms with Crippen LogP contribution in [0.4, 0.5) is 10.1 Å². The Labute approximate surface area is 189 Å². The second kappa shape index (κ2) is 7.63. The van der Waals surface area contributed by atoms with Gasteiger partial charge in [0, 0.05) is 55.9 Å². The number of hydrogen-bond acceptors (Lipinski definition) is 6. The van der Waals surface area contributed by atoms with Crippen LogP contribution in [0.3, 0.4) is 0 Å². The van der Waals surface area contributed by atoms with Crippen molar-refractivity contribution in [3.8, 4) is 22.6 Å². The third-order valence-corrected chi connectivity index (χ3v) is 6.43. The highest BCUT2D eigenvalue weighted by atomic mass is 19.1. The average molecular weight is 443 g/mol. The molecule has 0 saturated carbocycles. The molecule has 5 aromatic rings. The molecule has 0 atom stereocenters. The summed E-state index contributed by atoms with van der Waals surface area (Å²) < 4.78 is 15.8. The Kier molecular flexibility index (Phi) is 4.58. The van der Waals surface area contributed by atoms with Crippen molar-refractivity contribution in [2.45, 2.75) is 6.92 Å². The van der Waals surface area contributed by atoms with Crippen LogP contribution in [0.25, 0.3) is 44.7 Å². The monoisotopic (exact) mass is 442 g/mol. The molecule has 166 valence electrons. The quantitative estimate of drug-likeness (QED) is 0.442. The van der Waals surface area contributed by atoms with E-state index in [0.717, 1.165) is 48.5 Å². The first-order valence-electron chi connectivity index (χ1n) is 11.0. The van der Waals surface area contributed by atoms with Crippen LogP contribution in [0.15, 0.2) is 42.9 Å². The van der Waals surface area contributed by atoms with E-state index in [-0.39, 0.29) is 5.82 Å². The molecule has 1 aromatic carbocycles. The lowest BCUT2D eigenvalue weighted by Crippen LogP contribution is -2.44.